The number of carbonyl (C=O) groups excluding carboxylic acids is 2. The zero-order valence-corrected chi connectivity index (χ0v) is 18.5. The topological polar surface area (TPSA) is 101 Å². The Morgan fingerprint density at radius 3 is 2.03 bits per heavy atom. The van der Waals surface area contributed by atoms with Crippen LogP contribution in [0.1, 0.15) is 28.9 Å². The van der Waals surface area contributed by atoms with Gasteiger partial charge in [0.2, 0.25) is 0 Å². The van der Waals surface area contributed by atoms with Crippen LogP contribution in [0.15, 0.2) is 95.8 Å². The van der Waals surface area contributed by atoms with E-state index in [0.29, 0.717) is 22.4 Å². The Balaban J connectivity index is 1.85. The molecule has 0 spiro atoms. The number of esters is 1. The first-order valence-electron chi connectivity index (χ1n) is 10.9. The maximum Gasteiger partial charge on any atom is 0.333 e. The molecule has 4 rings (SSSR count). The van der Waals surface area contributed by atoms with E-state index in [2.05, 4.69) is 15.5 Å². The number of aromatic nitrogens is 2. The van der Waals surface area contributed by atoms with E-state index in [-0.39, 0.29) is 12.2 Å². The Kier molecular flexibility index (Phi) is 6.93. The van der Waals surface area contributed by atoms with Crippen LogP contribution in [-0.2, 0) is 9.53 Å². The van der Waals surface area contributed by atoms with Gasteiger partial charge in [-0.25, -0.2) is 9.89 Å². The minimum Gasteiger partial charge on any atom is -0.464 e. The molecular weight excluding hydrogens is 430 g/mol. The lowest BCUT2D eigenvalue weighted by atomic mass is 9.95. The van der Waals surface area contributed by atoms with Crippen molar-refractivity contribution < 1.29 is 14.3 Å². The molecule has 1 atom stereocenters. The number of nitrogens with zero attached hydrogens (tertiary/aromatic N) is 1. The van der Waals surface area contributed by atoms with Gasteiger partial charge in [-0.1, -0.05) is 91.0 Å². The van der Waals surface area contributed by atoms with Crippen molar-refractivity contribution in [1.29, 1.82) is 0 Å². The SMILES string of the molecule is CCOC(=O)C(NC(=O)c1c(-c2ccccc2)c(-c2ccccc2)n[nH]c1=O)c1ccccc1. The normalized spacial score (nSPS) is 11.4. The van der Waals surface area contributed by atoms with Crippen LogP contribution >= 0.6 is 0 Å². The van der Waals surface area contributed by atoms with Crippen molar-refractivity contribution in [2.45, 2.75) is 13.0 Å². The van der Waals surface area contributed by atoms with Gasteiger partial charge in [0, 0.05) is 11.1 Å². The summed E-state index contributed by atoms with van der Waals surface area (Å²) in [5, 5.41) is 9.41. The Bertz CT molecular complexity index is 1340. The van der Waals surface area contributed by atoms with Crippen molar-refractivity contribution in [3.63, 3.8) is 0 Å². The van der Waals surface area contributed by atoms with E-state index in [1.165, 1.54) is 0 Å². The largest absolute Gasteiger partial charge is 0.464 e. The molecule has 170 valence electrons. The Morgan fingerprint density at radius 2 is 1.44 bits per heavy atom. The average Bonchev–Trinajstić information content (AvgIpc) is 2.88. The van der Waals surface area contributed by atoms with Gasteiger partial charge in [0.15, 0.2) is 6.04 Å². The first kappa shape index (κ1) is 22.7. The third kappa shape index (κ3) is 4.78. The van der Waals surface area contributed by atoms with Crippen LogP contribution < -0.4 is 10.9 Å². The van der Waals surface area contributed by atoms with Gasteiger partial charge in [0.1, 0.15) is 5.56 Å². The Morgan fingerprint density at radius 1 is 0.882 bits per heavy atom. The molecule has 34 heavy (non-hydrogen) atoms. The van der Waals surface area contributed by atoms with E-state index >= 15 is 0 Å². The molecule has 0 fully saturated rings. The fourth-order valence-corrected chi connectivity index (χ4v) is 3.71. The van der Waals surface area contributed by atoms with E-state index in [9.17, 15) is 14.4 Å². The smallest absolute Gasteiger partial charge is 0.333 e. The lowest BCUT2D eigenvalue weighted by Crippen LogP contribution is -2.38. The van der Waals surface area contributed by atoms with Crippen molar-refractivity contribution in [1.82, 2.24) is 15.5 Å². The molecule has 1 heterocycles. The molecular formula is C27H23N3O4. The fourth-order valence-electron chi connectivity index (χ4n) is 3.71. The standard InChI is InChI=1S/C27H23N3O4/c1-2-34-27(33)24(20-16-10-5-11-17-20)28-25(31)22-21(18-12-6-3-7-13-18)23(29-30-26(22)32)19-14-8-4-9-15-19/h3-17,24H,2H2,1H3,(H,28,31)(H,30,32). The summed E-state index contributed by atoms with van der Waals surface area (Å²) in [6.07, 6.45) is 0. The molecule has 0 radical (unpaired) electrons. The zero-order chi connectivity index (χ0) is 23.9. The highest BCUT2D eigenvalue weighted by molar-refractivity contribution is 6.05. The first-order chi connectivity index (χ1) is 16.6. The first-order valence-corrected chi connectivity index (χ1v) is 10.9. The number of benzene rings is 3. The lowest BCUT2D eigenvalue weighted by Gasteiger charge is -2.19. The van der Waals surface area contributed by atoms with Crippen molar-refractivity contribution in [3.8, 4) is 22.4 Å². The molecule has 0 aliphatic carbocycles. The van der Waals surface area contributed by atoms with Gasteiger partial charge >= 0.3 is 5.97 Å². The van der Waals surface area contributed by atoms with Gasteiger partial charge < -0.3 is 10.1 Å². The molecule has 1 unspecified atom stereocenters. The van der Waals surface area contributed by atoms with Crippen LogP contribution in [0.2, 0.25) is 0 Å². The van der Waals surface area contributed by atoms with Crippen molar-refractivity contribution in [2.24, 2.45) is 0 Å². The van der Waals surface area contributed by atoms with Crippen molar-refractivity contribution in [3.05, 3.63) is 112 Å². The molecule has 0 aliphatic heterocycles. The van der Waals surface area contributed by atoms with E-state index in [1.807, 2.05) is 48.5 Å². The predicted octanol–water partition coefficient (Wildman–Crippen LogP) is 4.14. The van der Waals surface area contributed by atoms with Crippen LogP contribution in [-0.4, -0.2) is 28.7 Å². The molecule has 2 N–H and O–H groups in total. The Labute approximate surface area is 196 Å². The minimum atomic E-state index is -1.08. The van der Waals surface area contributed by atoms with Crippen LogP contribution in [0.5, 0.6) is 0 Å². The molecule has 1 amide bonds. The summed E-state index contributed by atoms with van der Waals surface area (Å²) in [5.74, 6) is -1.32. The molecule has 0 saturated carbocycles. The summed E-state index contributed by atoms with van der Waals surface area (Å²) in [5.41, 5.74) is 1.96. The average molecular weight is 453 g/mol. The molecule has 0 aliphatic rings. The van der Waals surface area contributed by atoms with Crippen LogP contribution in [0.4, 0.5) is 0 Å². The third-order valence-electron chi connectivity index (χ3n) is 5.25. The molecule has 7 nitrogen and oxygen atoms in total. The van der Waals surface area contributed by atoms with Crippen LogP contribution in [0.25, 0.3) is 22.4 Å². The monoisotopic (exact) mass is 453 g/mol. The molecule has 3 aromatic carbocycles. The number of nitrogens with one attached hydrogen (secondary N) is 2. The Hall–Kier alpha value is -4.52. The van der Waals surface area contributed by atoms with Gasteiger partial charge in [-0.15, -0.1) is 0 Å². The summed E-state index contributed by atoms with van der Waals surface area (Å²) >= 11 is 0. The maximum atomic E-state index is 13.6. The second-order valence-corrected chi connectivity index (χ2v) is 7.45. The molecule has 0 bridgehead atoms. The van der Waals surface area contributed by atoms with Crippen LogP contribution in [0.3, 0.4) is 0 Å². The second kappa shape index (κ2) is 10.4. The third-order valence-corrected chi connectivity index (χ3v) is 5.25. The van der Waals surface area contributed by atoms with Gasteiger partial charge in [-0.2, -0.15) is 5.10 Å². The minimum absolute atomic E-state index is 0.134. The van der Waals surface area contributed by atoms with Crippen LogP contribution in [0, 0.1) is 0 Å². The summed E-state index contributed by atoms with van der Waals surface area (Å²) in [7, 11) is 0. The summed E-state index contributed by atoms with van der Waals surface area (Å²) in [4.78, 5) is 39.2. The molecule has 0 saturated heterocycles. The van der Waals surface area contributed by atoms with Gasteiger partial charge in [0.25, 0.3) is 11.5 Å². The predicted molar refractivity (Wildman–Crippen MR) is 129 cm³/mol. The number of amides is 1. The van der Waals surface area contributed by atoms with Gasteiger partial charge in [0.05, 0.1) is 12.3 Å². The zero-order valence-electron chi connectivity index (χ0n) is 18.5. The molecule has 4 aromatic rings. The van der Waals surface area contributed by atoms with Gasteiger partial charge in [-0.05, 0) is 18.1 Å². The number of aromatic amines is 1. The number of hydrogen-bond acceptors (Lipinski definition) is 5. The number of hydrogen-bond donors (Lipinski definition) is 2. The maximum absolute atomic E-state index is 13.6. The summed E-state index contributed by atoms with van der Waals surface area (Å²) < 4.78 is 5.18. The lowest BCUT2D eigenvalue weighted by molar-refractivity contribution is -0.145. The quantitative estimate of drug-likeness (QED) is 0.410. The van der Waals surface area contributed by atoms with Crippen molar-refractivity contribution in [2.75, 3.05) is 6.61 Å². The number of rotatable bonds is 7. The summed E-state index contributed by atoms with van der Waals surface area (Å²) in [6, 6.07) is 26.0. The van der Waals surface area contributed by atoms with Crippen molar-refractivity contribution >= 4 is 11.9 Å². The second-order valence-electron chi connectivity index (χ2n) is 7.45. The molecule has 1 aromatic heterocycles. The van der Waals surface area contributed by atoms with Gasteiger partial charge in [-0.3, -0.25) is 9.59 Å². The van der Waals surface area contributed by atoms with E-state index in [4.69, 9.17) is 4.74 Å². The number of carbonyl (C=O) groups is 2. The van der Waals surface area contributed by atoms with E-state index in [0.717, 1.165) is 5.56 Å². The highest BCUT2D eigenvalue weighted by atomic mass is 16.5. The van der Waals surface area contributed by atoms with E-state index in [1.54, 1.807) is 49.4 Å². The fraction of sp³-hybridized carbons (Fsp3) is 0.111. The number of ether oxygens (including phenoxy) is 1. The number of H-pyrrole nitrogens is 1. The van der Waals surface area contributed by atoms with E-state index < -0.39 is 23.5 Å². The highest BCUT2D eigenvalue weighted by Crippen LogP contribution is 2.31. The summed E-state index contributed by atoms with van der Waals surface area (Å²) in [6.45, 7) is 1.84. The highest BCUT2D eigenvalue weighted by Gasteiger charge is 2.29. The molecule has 7 heteroatoms.